The number of carbonyl (C=O) groups is 2. The van der Waals surface area contributed by atoms with Gasteiger partial charge in [0.15, 0.2) is 10.8 Å². The van der Waals surface area contributed by atoms with Gasteiger partial charge in [-0.15, -0.1) is 5.10 Å². The van der Waals surface area contributed by atoms with Gasteiger partial charge in [0.05, 0.1) is 17.6 Å². The summed E-state index contributed by atoms with van der Waals surface area (Å²) in [6.45, 7) is 4.51. The van der Waals surface area contributed by atoms with E-state index in [0.29, 0.717) is 25.9 Å². The predicted octanol–water partition coefficient (Wildman–Crippen LogP) is 4.91. The molecule has 5 rings (SSSR count). The lowest BCUT2D eigenvalue weighted by molar-refractivity contribution is -0.189. The third-order valence-corrected chi connectivity index (χ3v) is 9.97. The molecule has 2 amide bonds. The highest BCUT2D eigenvalue weighted by Crippen LogP contribution is 2.60. The zero-order valence-electron chi connectivity index (χ0n) is 25.0. The molecule has 46 heavy (non-hydrogen) atoms. The van der Waals surface area contributed by atoms with Crippen LogP contribution in [0.5, 0.6) is 5.88 Å². The number of nitrogens with one attached hydrogen (secondary N) is 1. The summed E-state index contributed by atoms with van der Waals surface area (Å²) in [5, 5.41) is 17.0. The molecule has 3 aromatic rings. The van der Waals surface area contributed by atoms with Crippen molar-refractivity contribution < 1.29 is 41.0 Å². The molecule has 4 heterocycles. The number of aromatic nitrogens is 5. The summed E-state index contributed by atoms with van der Waals surface area (Å²) in [7, 11) is -4.36. The maximum absolute atomic E-state index is 13.1. The fraction of sp³-hybridized carbons (Fsp3) is 0.536. The summed E-state index contributed by atoms with van der Waals surface area (Å²) >= 11 is 6.21. The fourth-order valence-electron chi connectivity index (χ4n) is 5.72. The number of carboxylic acid groups (broad SMARTS) is 1. The minimum atomic E-state index is -4.36. The molecule has 1 saturated heterocycles. The molecule has 0 spiro atoms. The first kappa shape index (κ1) is 33.5. The Kier molecular flexibility index (Phi) is 9.02. The normalized spacial score (nSPS) is 18.8. The van der Waals surface area contributed by atoms with E-state index < -0.39 is 39.2 Å². The number of rotatable bonds is 12. The highest BCUT2D eigenvalue weighted by atomic mass is 35.5. The lowest BCUT2D eigenvalue weighted by Gasteiger charge is -2.28. The lowest BCUT2D eigenvalue weighted by Crippen LogP contribution is -2.41. The molecule has 13 nitrogen and oxygen atoms in total. The maximum Gasteiger partial charge on any atom is 0.407 e. The highest BCUT2D eigenvalue weighted by Gasteiger charge is 2.62. The largest absolute Gasteiger partial charge is 0.477 e. The Labute approximate surface area is 267 Å². The molecule has 0 radical (unpaired) electrons. The van der Waals surface area contributed by atoms with Gasteiger partial charge < -0.3 is 14.7 Å². The van der Waals surface area contributed by atoms with Gasteiger partial charge in [0, 0.05) is 37.1 Å². The second-order valence-corrected chi connectivity index (χ2v) is 14.2. The molecule has 18 heteroatoms. The second-order valence-electron chi connectivity index (χ2n) is 12.3. The Morgan fingerprint density at radius 3 is 2.52 bits per heavy atom. The predicted molar refractivity (Wildman–Crippen MR) is 157 cm³/mol. The summed E-state index contributed by atoms with van der Waals surface area (Å²) in [5.74, 6) is -0.599. The number of pyridine rings is 1. The molecule has 1 aliphatic carbocycles. The second kappa shape index (κ2) is 12.4. The highest BCUT2D eigenvalue weighted by molar-refractivity contribution is 7.90. The van der Waals surface area contributed by atoms with Crippen molar-refractivity contribution in [1.29, 1.82) is 0 Å². The van der Waals surface area contributed by atoms with Crippen LogP contribution in [0.1, 0.15) is 62.7 Å². The van der Waals surface area contributed by atoms with Crippen molar-refractivity contribution in [3.63, 3.8) is 0 Å². The van der Waals surface area contributed by atoms with Gasteiger partial charge in [-0.05, 0) is 76.5 Å². The van der Waals surface area contributed by atoms with Gasteiger partial charge in [-0.25, -0.2) is 19.2 Å². The molecule has 1 aliphatic heterocycles. The fourth-order valence-corrected chi connectivity index (χ4v) is 6.87. The van der Waals surface area contributed by atoms with Crippen LogP contribution in [-0.2, 0) is 16.6 Å². The maximum atomic E-state index is 13.1. The first-order valence-electron chi connectivity index (χ1n) is 14.5. The molecule has 0 unspecified atom stereocenters. The first-order chi connectivity index (χ1) is 21.5. The van der Waals surface area contributed by atoms with E-state index in [1.165, 1.54) is 50.9 Å². The summed E-state index contributed by atoms with van der Waals surface area (Å²) in [5.41, 5.74) is -2.30. The summed E-state index contributed by atoms with van der Waals surface area (Å²) in [6, 6.07) is 5.40. The van der Waals surface area contributed by atoms with Gasteiger partial charge in [0.25, 0.3) is 15.9 Å². The van der Waals surface area contributed by atoms with Crippen LogP contribution >= 0.6 is 11.6 Å². The zero-order chi connectivity index (χ0) is 33.5. The Morgan fingerprint density at radius 2 is 1.89 bits per heavy atom. The van der Waals surface area contributed by atoms with E-state index in [2.05, 4.69) is 15.2 Å². The van der Waals surface area contributed by atoms with Crippen molar-refractivity contribution in [3.8, 4) is 11.7 Å². The molecule has 2 aliphatic rings. The molecule has 0 aromatic carbocycles. The van der Waals surface area contributed by atoms with E-state index in [0.717, 1.165) is 0 Å². The number of halogens is 4. The van der Waals surface area contributed by atoms with Crippen molar-refractivity contribution in [2.24, 2.45) is 11.3 Å². The van der Waals surface area contributed by atoms with E-state index in [9.17, 15) is 36.3 Å². The van der Waals surface area contributed by atoms with Crippen LogP contribution < -0.4 is 9.46 Å². The Hall–Kier alpha value is -3.86. The summed E-state index contributed by atoms with van der Waals surface area (Å²) in [4.78, 5) is 29.8. The third-order valence-electron chi connectivity index (χ3n) is 8.46. The number of hydrogen-bond donors (Lipinski definition) is 2. The van der Waals surface area contributed by atoms with Crippen molar-refractivity contribution in [3.05, 3.63) is 47.4 Å². The van der Waals surface area contributed by atoms with E-state index in [1.807, 2.05) is 18.6 Å². The molecular formula is C28H33ClF3N7O6S. The molecule has 2 N–H and O–H groups in total. The minimum absolute atomic E-state index is 0.0102. The molecule has 3 aromatic heterocycles. The van der Waals surface area contributed by atoms with Crippen LogP contribution in [0.25, 0.3) is 5.82 Å². The quantitative estimate of drug-likeness (QED) is 0.199. The molecule has 2 fully saturated rings. The topological polar surface area (TPSA) is 162 Å². The number of ether oxygens (including phenoxy) is 1. The van der Waals surface area contributed by atoms with Gasteiger partial charge in [-0.3, -0.25) is 9.48 Å². The number of sulfonamides is 1. The molecular weight excluding hydrogens is 655 g/mol. The average Bonchev–Trinajstić information content (AvgIpc) is 3.27. The van der Waals surface area contributed by atoms with Crippen molar-refractivity contribution in [1.82, 2.24) is 34.2 Å². The molecule has 1 saturated carbocycles. The van der Waals surface area contributed by atoms with E-state index in [4.69, 9.17) is 16.3 Å². The third kappa shape index (κ3) is 7.24. The SMILES string of the molecule is CC1(C)C[C@H](CCn2ccc(S(=O)(=O)NC(=O)c3ccc(-n4ccc(OCCCC5(C(F)(F)F)CC5)n4)nc3Cl)n2)CN1C(=O)O. The number of aryl methyl sites for hydroxylation is 1. The molecule has 0 bridgehead atoms. The monoisotopic (exact) mass is 687 g/mol. The van der Waals surface area contributed by atoms with Crippen LogP contribution in [0.15, 0.2) is 41.7 Å². The zero-order valence-corrected chi connectivity index (χ0v) is 26.6. The Bertz CT molecular complexity index is 1720. The van der Waals surface area contributed by atoms with Gasteiger partial charge in [0.2, 0.25) is 5.88 Å². The van der Waals surface area contributed by atoms with Gasteiger partial charge in [0.1, 0.15) is 5.15 Å². The molecule has 1 atom stereocenters. The average molecular weight is 688 g/mol. The number of nitrogens with zero attached hydrogens (tertiary/aromatic N) is 6. The summed E-state index contributed by atoms with van der Waals surface area (Å²) < 4.78 is 75.1. The molecule has 250 valence electrons. The van der Waals surface area contributed by atoms with Crippen LogP contribution in [0.4, 0.5) is 18.0 Å². The number of carbonyl (C=O) groups excluding carboxylic acids is 1. The first-order valence-corrected chi connectivity index (χ1v) is 16.4. The van der Waals surface area contributed by atoms with Crippen molar-refractivity contribution in [2.75, 3.05) is 13.2 Å². The van der Waals surface area contributed by atoms with Crippen LogP contribution in [0.2, 0.25) is 5.15 Å². The van der Waals surface area contributed by atoms with E-state index in [-0.39, 0.29) is 65.6 Å². The number of hydrogen-bond acceptors (Lipinski definition) is 8. The Morgan fingerprint density at radius 1 is 1.15 bits per heavy atom. The smallest absolute Gasteiger partial charge is 0.407 e. The lowest BCUT2D eigenvalue weighted by atomic mass is 9.94. The summed E-state index contributed by atoms with van der Waals surface area (Å²) in [6.07, 6.45) is -0.504. The Balaban J connectivity index is 1.14. The van der Waals surface area contributed by atoms with Crippen LogP contribution in [0, 0.1) is 11.3 Å². The van der Waals surface area contributed by atoms with Gasteiger partial charge >= 0.3 is 12.3 Å². The van der Waals surface area contributed by atoms with Gasteiger partial charge in [-0.2, -0.15) is 26.7 Å². The van der Waals surface area contributed by atoms with Crippen LogP contribution in [-0.4, -0.2) is 79.8 Å². The number of alkyl halides is 3. The van der Waals surface area contributed by atoms with Crippen molar-refractivity contribution >= 4 is 33.6 Å². The standard InChI is InChI=1S/C28H33ClF3N7O6S/c1-26(2)16-18(17-38(26)25(41)42)6-12-37-13-8-22(35-37)46(43,44)36-24(40)19-4-5-20(33-23(19)29)39-14-7-21(34-39)45-15-3-9-27(10-11-27)28(30,31)32/h4-5,7-8,13-14,18H,3,6,9-12,15-17H2,1-2H3,(H,36,40)(H,41,42)/t18-/m0/s1. The minimum Gasteiger partial charge on any atom is -0.477 e. The van der Waals surface area contributed by atoms with Crippen LogP contribution in [0.3, 0.4) is 0 Å². The van der Waals surface area contributed by atoms with Crippen molar-refractivity contribution in [2.45, 2.75) is 75.7 Å². The van der Waals surface area contributed by atoms with E-state index in [1.54, 1.807) is 0 Å². The van der Waals surface area contributed by atoms with E-state index >= 15 is 0 Å². The number of amides is 2. The number of likely N-dealkylation sites (tertiary alicyclic amines) is 1. The van der Waals surface area contributed by atoms with Gasteiger partial charge in [-0.1, -0.05) is 11.6 Å².